The van der Waals surface area contributed by atoms with E-state index in [0.717, 1.165) is 135 Å². The van der Waals surface area contributed by atoms with Gasteiger partial charge in [0.2, 0.25) is 0 Å². The van der Waals surface area contributed by atoms with Crippen LogP contribution in [-0.4, -0.2) is 37.2 Å². The van der Waals surface area contributed by atoms with Crippen LogP contribution in [0.5, 0.6) is 0 Å². The summed E-state index contributed by atoms with van der Waals surface area (Å²) in [6, 6.07) is 0. The van der Waals surface area contributed by atoms with Crippen LogP contribution in [0.1, 0.15) is 252 Å². The lowest BCUT2D eigenvalue weighted by Gasteiger charge is -2.18. The minimum absolute atomic E-state index is 0.106. The molecule has 0 aliphatic heterocycles. The van der Waals surface area contributed by atoms with Gasteiger partial charge < -0.3 is 14.2 Å². The van der Waals surface area contributed by atoms with Gasteiger partial charge in [-0.15, -0.1) is 0 Å². The van der Waals surface area contributed by atoms with Crippen molar-refractivity contribution in [3.05, 3.63) is 122 Å². The monoisotopic (exact) mass is 983 g/mol. The first-order chi connectivity index (χ1) is 35.0. The van der Waals surface area contributed by atoms with Crippen LogP contribution in [0.3, 0.4) is 0 Å². The molecule has 0 aromatic rings. The van der Waals surface area contributed by atoms with Gasteiger partial charge in [-0.3, -0.25) is 14.4 Å². The predicted molar refractivity (Wildman–Crippen MR) is 306 cm³/mol. The minimum Gasteiger partial charge on any atom is -0.462 e. The van der Waals surface area contributed by atoms with E-state index in [2.05, 4.69) is 142 Å². The fraction of sp³-hybridized carbons (Fsp3) is 0.646. The van der Waals surface area contributed by atoms with Crippen molar-refractivity contribution in [2.24, 2.45) is 0 Å². The molecule has 0 rings (SSSR count). The Hall–Kier alpha value is -4.19. The van der Waals surface area contributed by atoms with Crippen molar-refractivity contribution >= 4 is 17.9 Å². The maximum absolute atomic E-state index is 12.9. The van der Waals surface area contributed by atoms with Crippen molar-refractivity contribution in [2.45, 2.75) is 258 Å². The lowest BCUT2D eigenvalue weighted by molar-refractivity contribution is -0.167. The molecular formula is C65H106O6. The molecule has 402 valence electrons. The van der Waals surface area contributed by atoms with E-state index >= 15 is 0 Å². The van der Waals surface area contributed by atoms with Gasteiger partial charge in [0.15, 0.2) is 6.10 Å². The molecule has 0 N–H and O–H groups in total. The molecule has 0 heterocycles. The van der Waals surface area contributed by atoms with Gasteiger partial charge in [0.1, 0.15) is 13.2 Å². The molecule has 0 aromatic heterocycles. The maximum Gasteiger partial charge on any atom is 0.306 e. The smallest absolute Gasteiger partial charge is 0.306 e. The van der Waals surface area contributed by atoms with Gasteiger partial charge in [-0.25, -0.2) is 0 Å². The Morgan fingerprint density at radius 3 is 0.873 bits per heavy atom. The van der Waals surface area contributed by atoms with Crippen LogP contribution in [0, 0.1) is 0 Å². The summed E-state index contributed by atoms with van der Waals surface area (Å²) in [6.45, 7) is 6.42. The highest BCUT2D eigenvalue weighted by Gasteiger charge is 2.19. The molecule has 0 saturated carbocycles. The van der Waals surface area contributed by atoms with E-state index in [9.17, 15) is 14.4 Å². The molecule has 1 atom stereocenters. The zero-order chi connectivity index (χ0) is 51.4. The molecule has 0 aliphatic carbocycles. The summed E-state index contributed by atoms with van der Waals surface area (Å²) in [7, 11) is 0. The van der Waals surface area contributed by atoms with Gasteiger partial charge in [-0.1, -0.05) is 219 Å². The normalized spacial score (nSPS) is 13.0. The van der Waals surface area contributed by atoms with Crippen molar-refractivity contribution < 1.29 is 28.6 Å². The second-order valence-electron chi connectivity index (χ2n) is 18.8. The molecule has 0 aromatic carbocycles. The first-order valence-corrected chi connectivity index (χ1v) is 29.0. The third kappa shape index (κ3) is 56.6. The van der Waals surface area contributed by atoms with Crippen molar-refractivity contribution in [1.29, 1.82) is 0 Å². The number of carbonyl (C=O) groups is 3. The molecule has 0 saturated heterocycles. The van der Waals surface area contributed by atoms with Gasteiger partial charge in [0, 0.05) is 19.3 Å². The van der Waals surface area contributed by atoms with E-state index in [0.29, 0.717) is 12.8 Å². The van der Waals surface area contributed by atoms with Crippen molar-refractivity contribution in [3.8, 4) is 0 Å². The molecule has 71 heavy (non-hydrogen) atoms. The molecule has 0 spiro atoms. The first-order valence-electron chi connectivity index (χ1n) is 29.0. The number of carbonyl (C=O) groups excluding carboxylic acids is 3. The van der Waals surface area contributed by atoms with Crippen LogP contribution in [0.4, 0.5) is 0 Å². The second-order valence-corrected chi connectivity index (χ2v) is 18.8. The largest absolute Gasteiger partial charge is 0.462 e. The van der Waals surface area contributed by atoms with Crippen LogP contribution in [0.15, 0.2) is 122 Å². The third-order valence-corrected chi connectivity index (χ3v) is 11.9. The number of ether oxygens (including phenoxy) is 3. The van der Waals surface area contributed by atoms with Gasteiger partial charge in [-0.2, -0.15) is 0 Å². The van der Waals surface area contributed by atoms with Gasteiger partial charge >= 0.3 is 17.9 Å². The SMILES string of the molecule is CC/C=C\C/C=C\C/C=C\C/C=C\CCCCCCC(=O)O[C@H](COC(=O)CCCCC/C=C\C/C=C\C/C=C\C/C=C\CCCCC)COC(=O)CCCCCCCCC/C=C\C/C=C\CCCCC. The third-order valence-electron chi connectivity index (χ3n) is 11.9. The number of hydrogen-bond acceptors (Lipinski definition) is 6. The average Bonchev–Trinajstić information content (AvgIpc) is 3.37. The molecule has 6 nitrogen and oxygen atoms in total. The first kappa shape index (κ1) is 66.8. The molecule has 0 radical (unpaired) electrons. The number of unbranched alkanes of at least 4 members (excludes halogenated alkanes) is 20. The summed E-state index contributed by atoms with van der Waals surface area (Å²) in [5.41, 5.74) is 0. The number of esters is 3. The van der Waals surface area contributed by atoms with Crippen LogP contribution < -0.4 is 0 Å². The Morgan fingerprint density at radius 2 is 0.549 bits per heavy atom. The Morgan fingerprint density at radius 1 is 0.296 bits per heavy atom. The summed E-state index contributed by atoms with van der Waals surface area (Å²) >= 11 is 0. The highest BCUT2D eigenvalue weighted by atomic mass is 16.6. The number of hydrogen-bond donors (Lipinski definition) is 0. The van der Waals surface area contributed by atoms with Crippen molar-refractivity contribution in [2.75, 3.05) is 13.2 Å². The molecule has 6 heteroatoms. The molecule has 0 aliphatic rings. The predicted octanol–water partition coefficient (Wildman–Crippen LogP) is 19.6. The second kappa shape index (κ2) is 58.4. The summed E-state index contributed by atoms with van der Waals surface area (Å²) in [5, 5.41) is 0. The van der Waals surface area contributed by atoms with Crippen molar-refractivity contribution in [1.82, 2.24) is 0 Å². The molecule has 0 amide bonds. The van der Waals surface area contributed by atoms with Crippen LogP contribution >= 0.6 is 0 Å². The molecule has 0 bridgehead atoms. The molecule has 0 unspecified atom stereocenters. The Balaban J connectivity index is 4.52. The van der Waals surface area contributed by atoms with E-state index < -0.39 is 6.10 Å². The van der Waals surface area contributed by atoms with E-state index in [1.165, 1.54) is 77.0 Å². The number of allylic oxidation sites excluding steroid dienone is 20. The number of rotatable bonds is 51. The van der Waals surface area contributed by atoms with Crippen LogP contribution in [0.25, 0.3) is 0 Å². The van der Waals surface area contributed by atoms with Crippen LogP contribution in [-0.2, 0) is 28.6 Å². The van der Waals surface area contributed by atoms with Gasteiger partial charge in [0.05, 0.1) is 0 Å². The maximum atomic E-state index is 12.9. The fourth-order valence-corrected chi connectivity index (χ4v) is 7.56. The van der Waals surface area contributed by atoms with E-state index in [1.807, 2.05) is 0 Å². The highest BCUT2D eigenvalue weighted by Crippen LogP contribution is 2.13. The van der Waals surface area contributed by atoms with Gasteiger partial charge in [0.25, 0.3) is 0 Å². The quantitative estimate of drug-likeness (QED) is 0.0261. The average molecular weight is 984 g/mol. The Bertz CT molecular complexity index is 1500. The standard InChI is InChI=1S/C65H106O6/c1-4-7-10-13-16-19-22-25-28-31-32-35-37-40-43-46-49-52-55-58-64(67)70-61-62(71-65(68)59-56-53-50-47-44-41-38-34-30-27-24-21-18-15-12-9-6-3)60-69-63(66)57-54-51-48-45-42-39-36-33-29-26-23-20-17-14-11-8-5-2/h9,12,16-21,25-30,32,35,38,40-41,43,62H,4-8,10-11,13-15,22-24,31,33-34,36-37,39,42,44-61H2,1-3H3/b12-9-,19-16-,20-17-,21-18-,28-25-,29-26-,30-27-,35-32-,41-38-,43-40-/t62-/m0/s1. The minimum atomic E-state index is -0.812. The zero-order valence-electron chi connectivity index (χ0n) is 45.9. The Labute approximate surface area is 437 Å². The molecule has 0 fully saturated rings. The molecular weight excluding hydrogens is 877 g/mol. The Kier molecular flexibility index (Phi) is 54.9. The lowest BCUT2D eigenvalue weighted by Crippen LogP contribution is -2.30. The van der Waals surface area contributed by atoms with Crippen LogP contribution in [0.2, 0.25) is 0 Å². The summed E-state index contributed by atoms with van der Waals surface area (Å²) in [5.74, 6) is -0.970. The van der Waals surface area contributed by atoms with E-state index in [-0.39, 0.29) is 37.5 Å². The topological polar surface area (TPSA) is 78.9 Å². The van der Waals surface area contributed by atoms with Gasteiger partial charge in [-0.05, 0) is 135 Å². The van der Waals surface area contributed by atoms with E-state index in [1.54, 1.807) is 0 Å². The summed E-state index contributed by atoms with van der Waals surface area (Å²) < 4.78 is 16.8. The van der Waals surface area contributed by atoms with Crippen molar-refractivity contribution in [3.63, 3.8) is 0 Å². The summed E-state index contributed by atoms with van der Waals surface area (Å²) in [4.78, 5) is 38.2. The lowest BCUT2D eigenvalue weighted by atomic mass is 10.1. The fourth-order valence-electron chi connectivity index (χ4n) is 7.56. The summed E-state index contributed by atoms with van der Waals surface area (Å²) in [6.07, 6.45) is 80.4. The van der Waals surface area contributed by atoms with E-state index in [4.69, 9.17) is 14.2 Å². The highest BCUT2D eigenvalue weighted by molar-refractivity contribution is 5.71. The zero-order valence-corrected chi connectivity index (χ0v) is 45.9.